The molecule has 1 saturated heterocycles. The Hall–Kier alpha value is 0.0100. The van der Waals surface area contributed by atoms with E-state index in [2.05, 4.69) is 0 Å². The molecule has 1 fully saturated rings. The van der Waals surface area contributed by atoms with E-state index in [4.69, 9.17) is 10.5 Å². The zero-order chi connectivity index (χ0) is 13.4. The van der Waals surface area contributed by atoms with E-state index in [1.807, 2.05) is 0 Å². The maximum atomic E-state index is 13.1. The van der Waals surface area contributed by atoms with Gasteiger partial charge in [-0.15, -0.1) is 11.8 Å². The lowest BCUT2D eigenvalue weighted by Crippen LogP contribution is -2.64. The number of hydrogen-bond donors (Lipinski definition) is 4. The highest BCUT2D eigenvalue weighted by atomic mass is 32.2. The maximum Gasteiger partial charge on any atom is 0.262 e. The van der Waals surface area contributed by atoms with Gasteiger partial charge in [0.2, 0.25) is 0 Å². The van der Waals surface area contributed by atoms with Crippen molar-refractivity contribution in [1.29, 1.82) is 0 Å². The molecule has 1 rings (SSSR count). The molecule has 0 saturated carbocycles. The zero-order valence-electron chi connectivity index (χ0n) is 9.46. The minimum absolute atomic E-state index is 0.610. The van der Waals surface area contributed by atoms with Gasteiger partial charge in [0.05, 0.1) is 6.04 Å². The summed E-state index contributed by atoms with van der Waals surface area (Å²) in [6.45, 7) is 0.610. The third kappa shape index (κ3) is 3.07. The van der Waals surface area contributed by atoms with E-state index in [0.29, 0.717) is 6.92 Å². The minimum atomic E-state index is -3.25. The van der Waals surface area contributed by atoms with Crippen LogP contribution in [0.15, 0.2) is 0 Å². The number of aliphatic hydroxyl groups is 3. The summed E-state index contributed by atoms with van der Waals surface area (Å²) in [5.41, 5.74) is 4.41. The van der Waals surface area contributed by atoms with Gasteiger partial charge in [-0.05, 0) is 6.26 Å². The zero-order valence-corrected chi connectivity index (χ0v) is 10.3. The molecule has 0 aromatic heterocycles. The second-order valence-corrected chi connectivity index (χ2v) is 5.09. The quantitative estimate of drug-likeness (QED) is 0.534. The molecule has 102 valence electrons. The van der Waals surface area contributed by atoms with Crippen molar-refractivity contribution in [3.8, 4) is 0 Å². The SMILES string of the molecule is CSC1OC(C(N)C(C)(F)F)C(O)C(O)C1O. The third-order valence-electron chi connectivity index (χ3n) is 2.78. The van der Waals surface area contributed by atoms with E-state index in [9.17, 15) is 24.1 Å². The molecule has 0 aliphatic carbocycles. The molecule has 0 aromatic rings. The van der Waals surface area contributed by atoms with Crippen LogP contribution in [0.4, 0.5) is 8.78 Å². The lowest BCUT2D eigenvalue weighted by molar-refractivity contribution is -0.218. The monoisotopic (exact) mass is 273 g/mol. The summed E-state index contributed by atoms with van der Waals surface area (Å²) in [5.74, 6) is -3.25. The summed E-state index contributed by atoms with van der Waals surface area (Å²) in [7, 11) is 0. The molecular weight excluding hydrogens is 256 g/mol. The number of aliphatic hydroxyl groups excluding tert-OH is 3. The molecule has 1 heterocycles. The summed E-state index contributed by atoms with van der Waals surface area (Å²) in [4.78, 5) is 0. The lowest BCUT2D eigenvalue weighted by Gasteiger charge is -2.43. The smallest absolute Gasteiger partial charge is 0.262 e. The first-order chi connectivity index (χ1) is 7.70. The van der Waals surface area contributed by atoms with Crippen molar-refractivity contribution in [1.82, 2.24) is 0 Å². The number of halogens is 2. The Morgan fingerprint density at radius 3 is 2.18 bits per heavy atom. The van der Waals surface area contributed by atoms with Crippen LogP contribution in [-0.4, -0.2) is 63.4 Å². The number of ether oxygens (including phenoxy) is 1. The molecule has 0 aromatic carbocycles. The van der Waals surface area contributed by atoms with Gasteiger partial charge >= 0.3 is 0 Å². The van der Waals surface area contributed by atoms with Gasteiger partial charge in [0.25, 0.3) is 5.92 Å². The van der Waals surface area contributed by atoms with E-state index in [1.54, 1.807) is 6.26 Å². The van der Waals surface area contributed by atoms with Gasteiger partial charge in [-0.3, -0.25) is 0 Å². The highest BCUT2D eigenvalue weighted by Gasteiger charge is 2.50. The van der Waals surface area contributed by atoms with E-state index < -0.39 is 41.8 Å². The minimum Gasteiger partial charge on any atom is -0.388 e. The Morgan fingerprint density at radius 1 is 1.24 bits per heavy atom. The van der Waals surface area contributed by atoms with Crippen LogP contribution in [0.1, 0.15) is 6.92 Å². The number of alkyl halides is 2. The van der Waals surface area contributed by atoms with Gasteiger partial charge in [0.1, 0.15) is 29.9 Å². The molecule has 0 bridgehead atoms. The Balaban J connectivity index is 2.86. The number of thioether (sulfide) groups is 1. The van der Waals surface area contributed by atoms with Gasteiger partial charge in [-0.1, -0.05) is 0 Å². The first-order valence-corrected chi connectivity index (χ1v) is 6.34. The fourth-order valence-corrected chi connectivity index (χ4v) is 2.33. The molecule has 6 unspecified atom stereocenters. The molecule has 6 atom stereocenters. The van der Waals surface area contributed by atoms with E-state index >= 15 is 0 Å². The van der Waals surface area contributed by atoms with E-state index in [1.165, 1.54) is 0 Å². The summed E-state index contributed by atoms with van der Waals surface area (Å²) in [6, 6.07) is -1.76. The van der Waals surface area contributed by atoms with Crippen LogP contribution in [-0.2, 0) is 4.74 Å². The fraction of sp³-hybridized carbons (Fsp3) is 1.00. The average Bonchev–Trinajstić information content (AvgIpc) is 2.24. The van der Waals surface area contributed by atoms with Crippen LogP contribution in [0, 0.1) is 0 Å². The maximum absolute atomic E-state index is 13.1. The van der Waals surface area contributed by atoms with Crippen molar-refractivity contribution < 1.29 is 28.8 Å². The standard InChI is InChI=1S/C9H17F2NO4S/c1-9(10,11)7(12)6-4(14)3(13)5(15)8(16-6)17-2/h3-8,13-15H,12H2,1-2H3. The summed E-state index contributed by atoms with van der Waals surface area (Å²) in [6.07, 6.45) is -4.38. The van der Waals surface area contributed by atoms with Crippen LogP contribution in [0.2, 0.25) is 0 Å². The summed E-state index contributed by atoms with van der Waals surface area (Å²) < 4.78 is 31.2. The molecule has 0 radical (unpaired) electrons. The molecule has 5 N–H and O–H groups in total. The van der Waals surface area contributed by atoms with Crippen molar-refractivity contribution in [3.63, 3.8) is 0 Å². The molecule has 0 spiro atoms. The van der Waals surface area contributed by atoms with Crippen LogP contribution in [0.5, 0.6) is 0 Å². The van der Waals surface area contributed by atoms with Crippen molar-refractivity contribution in [2.75, 3.05) is 6.26 Å². The molecule has 17 heavy (non-hydrogen) atoms. The molecule has 1 aliphatic heterocycles. The topological polar surface area (TPSA) is 95.9 Å². The normalized spacial score (nSPS) is 41.3. The predicted molar refractivity (Wildman–Crippen MR) is 58.8 cm³/mol. The first-order valence-electron chi connectivity index (χ1n) is 5.06. The molecule has 5 nitrogen and oxygen atoms in total. The van der Waals surface area contributed by atoms with Crippen LogP contribution < -0.4 is 5.73 Å². The molecule has 0 amide bonds. The fourth-order valence-electron chi connectivity index (χ4n) is 1.65. The van der Waals surface area contributed by atoms with E-state index in [0.717, 1.165) is 11.8 Å². The van der Waals surface area contributed by atoms with Crippen LogP contribution in [0.3, 0.4) is 0 Å². The Morgan fingerprint density at radius 2 is 1.76 bits per heavy atom. The predicted octanol–water partition coefficient (Wildman–Crippen LogP) is -0.861. The van der Waals surface area contributed by atoms with Crippen molar-refractivity contribution in [2.45, 2.75) is 48.7 Å². The molecular formula is C9H17F2NO4S. The van der Waals surface area contributed by atoms with Gasteiger partial charge in [-0.2, -0.15) is 0 Å². The van der Waals surface area contributed by atoms with Gasteiger partial charge in [-0.25, -0.2) is 8.78 Å². The van der Waals surface area contributed by atoms with Gasteiger partial charge < -0.3 is 25.8 Å². The summed E-state index contributed by atoms with van der Waals surface area (Å²) >= 11 is 1.05. The number of rotatable bonds is 3. The Kier molecular flexibility index (Phi) is 4.73. The Bertz CT molecular complexity index is 264. The van der Waals surface area contributed by atoms with Crippen molar-refractivity contribution in [3.05, 3.63) is 0 Å². The van der Waals surface area contributed by atoms with Crippen molar-refractivity contribution in [2.24, 2.45) is 5.73 Å². The molecule has 8 heteroatoms. The highest BCUT2D eigenvalue weighted by Crippen LogP contribution is 2.31. The van der Waals surface area contributed by atoms with Crippen LogP contribution in [0.25, 0.3) is 0 Å². The van der Waals surface area contributed by atoms with Crippen molar-refractivity contribution >= 4 is 11.8 Å². The largest absolute Gasteiger partial charge is 0.388 e. The average molecular weight is 273 g/mol. The molecule has 1 aliphatic rings. The van der Waals surface area contributed by atoms with Gasteiger partial charge in [0.15, 0.2) is 0 Å². The summed E-state index contributed by atoms with van der Waals surface area (Å²) in [5, 5.41) is 28.7. The first kappa shape index (κ1) is 15.1. The Labute approximate surface area is 102 Å². The second-order valence-electron chi connectivity index (χ2n) is 4.16. The third-order valence-corrected chi connectivity index (χ3v) is 3.63. The number of nitrogens with two attached hydrogens (primary N) is 1. The number of hydrogen-bond acceptors (Lipinski definition) is 6. The van der Waals surface area contributed by atoms with Crippen LogP contribution >= 0.6 is 11.8 Å². The highest BCUT2D eigenvalue weighted by molar-refractivity contribution is 7.99. The van der Waals surface area contributed by atoms with E-state index in [-0.39, 0.29) is 0 Å². The lowest BCUT2D eigenvalue weighted by atomic mass is 9.92. The van der Waals surface area contributed by atoms with Gasteiger partial charge in [0, 0.05) is 6.92 Å². The second kappa shape index (κ2) is 5.33.